The molecule has 0 unspecified atom stereocenters. The van der Waals surface area contributed by atoms with Gasteiger partial charge in [-0.3, -0.25) is 0 Å². The van der Waals surface area contributed by atoms with Crippen LogP contribution in [0.4, 0.5) is 17.1 Å². The third-order valence-corrected chi connectivity index (χ3v) is 14.0. The Hall–Kier alpha value is -7.98. The quantitative estimate of drug-likeness (QED) is 0.176. The number of hydrogen-bond donors (Lipinski definition) is 0. The van der Waals surface area contributed by atoms with Gasteiger partial charge in [0.25, 0.3) is 0 Å². The van der Waals surface area contributed by atoms with E-state index in [2.05, 4.69) is 223 Å². The van der Waals surface area contributed by atoms with E-state index < -0.39 is 0 Å². The highest BCUT2D eigenvalue weighted by Crippen LogP contribution is 2.48. The maximum atomic E-state index is 6.57. The molecule has 0 aliphatic heterocycles. The fraction of sp³-hybridized carbons (Fsp3) is 0. The molecule has 2 heterocycles. The highest BCUT2D eigenvalue weighted by atomic mass is 32.1. The van der Waals surface area contributed by atoms with Crippen LogP contribution in [0.2, 0.25) is 0 Å². The molecule has 0 radical (unpaired) electrons. The van der Waals surface area contributed by atoms with Gasteiger partial charge in [0.15, 0.2) is 0 Å². The molecule has 294 valence electrons. The summed E-state index contributed by atoms with van der Waals surface area (Å²) in [7, 11) is 0. The molecule has 0 atom stereocenters. The summed E-state index contributed by atoms with van der Waals surface area (Å²) in [6.07, 6.45) is 0. The molecule has 0 aliphatic rings. The summed E-state index contributed by atoms with van der Waals surface area (Å²) >= 11 is 1.87. The van der Waals surface area contributed by atoms with E-state index in [1.165, 1.54) is 74.0 Å². The van der Waals surface area contributed by atoms with E-state index >= 15 is 0 Å². The Morgan fingerprint density at radius 3 is 1.57 bits per heavy atom. The van der Waals surface area contributed by atoms with Crippen LogP contribution >= 0.6 is 11.3 Å². The first-order valence-corrected chi connectivity index (χ1v) is 22.3. The molecule has 13 rings (SSSR count). The molecule has 0 aliphatic carbocycles. The second kappa shape index (κ2) is 14.3. The summed E-state index contributed by atoms with van der Waals surface area (Å²) in [6, 6.07) is 82.1. The first-order valence-electron chi connectivity index (χ1n) is 21.5. The molecular weight excluding hydrogens is 783 g/mol. The first-order chi connectivity index (χ1) is 31.3. The molecule has 0 amide bonds. The first kappa shape index (κ1) is 35.7. The summed E-state index contributed by atoms with van der Waals surface area (Å²) in [5, 5.41) is 16.9. The predicted octanol–water partition coefficient (Wildman–Crippen LogP) is 18.0. The van der Waals surface area contributed by atoms with Crippen molar-refractivity contribution in [3.05, 3.63) is 224 Å². The van der Waals surface area contributed by atoms with Gasteiger partial charge in [-0.15, -0.1) is 11.3 Å². The van der Waals surface area contributed by atoms with Crippen LogP contribution in [0.3, 0.4) is 0 Å². The van der Waals surface area contributed by atoms with E-state index in [9.17, 15) is 0 Å². The number of thiophene rings is 1. The van der Waals surface area contributed by atoms with Crippen LogP contribution < -0.4 is 4.90 Å². The Bertz CT molecular complexity index is 4050. The van der Waals surface area contributed by atoms with E-state index in [1.807, 2.05) is 17.4 Å². The van der Waals surface area contributed by atoms with Crippen LogP contribution in [0.25, 0.3) is 107 Å². The SMILES string of the molecule is c1ccc(-c2ccccc2N(c2ccc3c4ccccc4c4ccccc4c4ccccc4c4c(ccc5sc6ccccc6c54)c3c2)c2cccc3oc4ccccc4c23)cc1. The summed E-state index contributed by atoms with van der Waals surface area (Å²) in [6.45, 7) is 0. The number of para-hydroxylation sites is 2. The average Bonchev–Trinajstić information content (AvgIpc) is 3.93. The number of fused-ring (bicyclic) bond motifs is 17. The minimum atomic E-state index is 0.858. The molecular formula is C60H37NOS. The lowest BCUT2D eigenvalue weighted by atomic mass is 9.92. The molecule has 0 N–H and O–H groups in total. The third-order valence-electron chi connectivity index (χ3n) is 12.9. The highest BCUT2D eigenvalue weighted by molar-refractivity contribution is 7.26. The van der Waals surface area contributed by atoms with Gasteiger partial charge in [0, 0.05) is 36.8 Å². The lowest BCUT2D eigenvalue weighted by Gasteiger charge is -2.29. The Labute approximate surface area is 367 Å². The van der Waals surface area contributed by atoms with Gasteiger partial charge in [0.2, 0.25) is 0 Å². The van der Waals surface area contributed by atoms with Crippen LogP contribution in [0.1, 0.15) is 0 Å². The monoisotopic (exact) mass is 819 g/mol. The lowest BCUT2D eigenvalue weighted by Crippen LogP contribution is -2.11. The second-order valence-electron chi connectivity index (χ2n) is 16.3. The zero-order valence-corrected chi connectivity index (χ0v) is 34.9. The molecule has 2 aromatic heterocycles. The van der Waals surface area contributed by atoms with Crippen molar-refractivity contribution in [3.63, 3.8) is 0 Å². The highest BCUT2D eigenvalue weighted by Gasteiger charge is 2.23. The summed E-state index contributed by atoms with van der Waals surface area (Å²) in [5.41, 5.74) is 7.22. The predicted molar refractivity (Wildman–Crippen MR) is 272 cm³/mol. The normalized spacial score (nSPS) is 11.8. The molecule has 0 fully saturated rings. The van der Waals surface area contributed by atoms with E-state index in [1.54, 1.807) is 0 Å². The van der Waals surface area contributed by atoms with Gasteiger partial charge in [0.05, 0.1) is 16.8 Å². The molecule has 13 aromatic rings. The molecule has 0 saturated heterocycles. The fourth-order valence-corrected chi connectivity index (χ4v) is 11.3. The van der Waals surface area contributed by atoms with Crippen molar-refractivity contribution in [2.45, 2.75) is 0 Å². The number of rotatable bonds is 4. The summed E-state index contributed by atoms with van der Waals surface area (Å²) < 4.78 is 9.14. The maximum Gasteiger partial charge on any atom is 0.137 e. The van der Waals surface area contributed by atoms with Gasteiger partial charge < -0.3 is 9.32 Å². The Morgan fingerprint density at radius 1 is 0.302 bits per heavy atom. The van der Waals surface area contributed by atoms with Gasteiger partial charge in [-0.2, -0.15) is 0 Å². The molecule has 2 nitrogen and oxygen atoms in total. The lowest BCUT2D eigenvalue weighted by molar-refractivity contribution is 0.669. The largest absolute Gasteiger partial charge is 0.456 e. The van der Waals surface area contributed by atoms with Crippen LogP contribution in [-0.2, 0) is 0 Å². The third kappa shape index (κ3) is 5.57. The Morgan fingerprint density at radius 2 is 0.825 bits per heavy atom. The molecule has 63 heavy (non-hydrogen) atoms. The summed E-state index contributed by atoms with van der Waals surface area (Å²) in [4.78, 5) is 2.46. The molecule has 0 bridgehead atoms. The molecule has 3 heteroatoms. The van der Waals surface area contributed by atoms with Gasteiger partial charge in [0.1, 0.15) is 11.2 Å². The standard InChI is InChI=1S/C60H37NOS/c1-2-17-38(18-3-1)40-19-10-13-28-52(40)61(53-29-16-31-55-59(53)49-26-11-14-30-54(49)62-55)39-33-34-46-44-23-7-5-21-42(44)41-20-4-6-22-43(41)45-24-8-9-25-47(45)58-48(51(46)37-39)35-36-57-60(58)50-27-12-15-32-56(50)63-57/h1-37H. The minimum Gasteiger partial charge on any atom is -0.456 e. The van der Waals surface area contributed by atoms with Gasteiger partial charge >= 0.3 is 0 Å². The van der Waals surface area contributed by atoms with Gasteiger partial charge in [-0.1, -0.05) is 176 Å². The van der Waals surface area contributed by atoms with Crippen molar-refractivity contribution in [2.24, 2.45) is 0 Å². The van der Waals surface area contributed by atoms with Crippen molar-refractivity contribution in [3.8, 4) is 11.1 Å². The molecule has 0 spiro atoms. The minimum absolute atomic E-state index is 0.858. The van der Waals surface area contributed by atoms with Gasteiger partial charge in [-0.25, -0.2) is 0 Å². The Kier molecular flexibility index (Phi) is 8.12. The van der Waals surface area contributed by atoms with Crippen molar-refractivity contribution >= 4 is 124 Å². The van der Waals surface area contributed by atoms with Crippen LogP contribution in [-0.4, -0.2) is 0 Å². The smallest absolute Gasteiger partial charge is 0.137 e. The molecule has 0 saturated carbocycles. The molecule has 11 aromatic carbocycles. The topological polar surface area (TPSA) is 16.4 Å². The van der Waals surface area contributed by atoms with Crippen molar-refractivity contribution in [1.29, 1.82) is 0 Å². The second-order valence-corrected chi connectivity index (χ2v) is 17.4. The zero-order chi connectivity index (χ0) is 41.4. The van der Waals surface area contributed by atoms with E-state index in [-0.39, 0.29) is 0 Å². The van der Waals surface area contributed by atoms with E-state index in [0.717, 1.165) is 50.1 Å². The van der Waals surface area contributed by atoms with Crippen LogP contribution in [0.5, 0.6) is 0 Å². The Balaban J connectivity index is 1.26. The van der Waals surface area contributed by atoms with Gasteiger partial charge in [-0.05, 0) is 108 Å². The fourth-order valence-electron chi connectivity index (χ4n) is 10.2. The van der Waals surface area contributed by atoms with E-state index in [4.69, 9.17) is 4.42 Å². The zero-order valence-electron chi connectivity index (χ0n) is 34.1. The number of benzene rings is 10. The number of anilines is 3. The number of furan rings is 1. The number of hydrogen-bond acceptors (Lipinski definition) is 3. The van der Waals surface area contributed by atoms with Crippen LogP contribution in [0.15, 0.2) is 229 Å². The maximum absolute atomic E-state index is 6.57. The number of nitrogens with zero attached hydrogens (tertiary/aromatic N) is 1. The van der Waals surface area contributed by atoms with Crippen LogP contribution in [0, 0.1) is 0 Å². The van der Waals surface area contributed by atoms with E-state index in [0.29, 0.717) is 0 Å². The van der Waals surface area contributed by atoms with Crippen molar-refractivity contribution in [2.75, 3.05) is 4.90 Å². The van der Waals surface area contributed by atoms with Crippen molar-refractivity contribution < 1.29 is 4.42 Å². The van der Waals surface area contributed by atoms with Crippen molar-refractivity contribution in [1.82, 2.24) is 0 Å². The average molecular weight is 820 g/mol. The summed E-state index contributed by atoms with van der Waals surface area (Å²) in [5.74, 6) is 0.